The molecule has 0 bridgehead atoms. The van der Waals surface area contributed by atoms with Crippen molar-refractivity contribution in [3.63, 3.8) is 0 Å². The molecule has 0 aromatic heterocycles. The standard InChI is InChI=1S/C18H20N2O2S2/c1-15-13-20(24(21,22)18-11-7-4-8-12-18)23(14-16(15)2)19-17-9-5-3-6-10-17/h3-12H,13-14H2,1-2H3. The summed E-state index contributed by atoms with van der Waals surface area (Å²) in [5.74, 6) is 0.646. The van der Waals surface area contributed by atoms with Crippen molar-refractivity contribution < 1.29 is 8.42 Å². The van der Waals surface area contributed by atoms with Crippen molar-refractivity contribution in [2.45, 2.75) is 18.7 Å². The molecule has 3 rings (SSSR count). The molecule has 1 atom stereocenters. The van der Waals surface area contributed by atoms with Gasteiger partial charge < -0.3 is 0 Å². The summed E-state index contributed by atoms with van der Waals surface area (Å²) in [7, 11) is -4.31. The van der Waals surface area contributed by atoms with Crippen molar-refractivity contribution in [3.8, 4) is 0 Å². The van der Waals surface area contributed by atoms with Crippen molar-refractivity contribution in [3.05, 3.63) is 71.8 Å². The van der Waals surface area contributed by atoms with Crippen LogP contribution in [-0.4, -0.2) is 24.4 Å². The van der Waals surface area contributed by atoms with E-state index < -0.39 is 20.9 Å². The minimum Gasteiger partial charge on any atom is -0.212 e. The zero-order valence-corrected chi connectivity index (χ0v) is 15.3. The Morgan fingerprint density at radius 1 is 0.917 bits per heavy atom. The normalized spacial score (nSPS) is 19.7. The van der Waals surface area contributed by atoms with Crippen molar-refractivity contribution in [1.29, 1.82) is 0 Å². The topological polar surface area (TPSA) is 49.7 Å². The summed E-state index contributed by atoms with van der Waals surface area (Å²) in [5, 5.41) is 0. The smallest absolute Gasteiger partial charge is 0.212 e. The van der Waals surface area contributed by atoms with Gasteiger partial charge in [-0.2, -0.15) is 0 Å². The molecule has 0 fully saturated rings. The van der Waals surface area contributed by atoms with E-state index in [1.165, 1.54) is 9.28 Å². The minimum atomic E-state index is -3.57. The first-order valence-corrected chi connectivity index (χ1v) is 10.4. The molecule has 6 heteroatoms. The summed E-state index contributed by atoms with van der Waals surface area (Å²) in [6.07, 6.45) is 0. The molecule has 2 aromatic rings. The van der Waals surface area contributed by atoms with Gasteiger partial charge in [-0.15, -0.1) is 3.71 Å². The van der Waals surface area contributed by atoms with E-state index in [9.17, 15) is 8.42 Å². The quantitative estimate of drug-likeness (QED) is 0.775. The highest BCUT2D eigenvalue weighted by atomic mass is 32.3. The van der Waals surface area contributed by atoms with Gasteiger partial charge in [0, 0.05) is 12.3 Å². The largest absolute Gasteiger partial charge is 0.253 e. The zero-order valence-electron chi connectivity index (χ0n) is 13.7. The second kappa shape index (κ2) is 7.01. The maximum Gasteiger partial charge on any atom is 0.253 e. The first-order valence-electron chi connectivity index (χ1n) is 7.69. The van der Waals surface area contributed by atoms with Crippen LogP contribution in [-0.2, 0) is 20.9 Å². The van der Waals surface area contributed by atoms with Crippen LogP contribution in [0.1, 0.15) is 13.8 Å². The molecule has 0 N–H and O–H groups in total. The van der Waals surface area contributed by atoms with Crippen LogP contribution in [0.25, 0.3) is 0 Å². The second-order valence-corrected chi connectivity index (χ2v) is 9.44. The fourth-order valence-corrected chi connectivity index (χ4v) is 6.55. The molecule has 4 nitrogen and oxygen atoms in total. The molecule has 126 valence electrons. The molecule has 1 heterocycles. The van der Waals surface area contributed by atoms with Gasteiger partial charge in [0.2, 0.25) is 0 Å². The Morgan fingerprint density at radius 2 is 1.50 bits per heavy atom. The predicted molar refractivity (Wildman–Crippen MR) is 99.5 cm³/mol. The van der Waals surface area contributed by atoms with E-state index in [0.717, 1.165) is 11.3 Å². The third kappa shape index (κ3) is 3.50. The first-order chi connectivity index (χ1) is 11.5. The van der Waals surface area contributed by atoms with E-state index in [4.69, 9.17) is 4.36 Å². The third-order valence-electron chi connectivity index (χ3n) is 3.95. The maximum absolute atomic E-state index is 13.1. The SMILES string of the molecule is CC1=C(C)CS(=Nc2ccccc2)N(S(=O)(=O)c2ccccc2)C1. The lowest BCUT2D eigenvalue weighted by molar-refractivity contribution is 0.548. The molecule has 24 heavy (non-hydrogen) atoms. The van der Waals surface area contributed by atoms with Crippen LogP contribution in [0.3, 0.4) is 0 Å². The van der Waals surface area contributed by atoms with Gasteiger partial charge in [-0.1, -0.05) is 47.5 Å². The fraction of sp³-hybridized carbons (Fsp3) is 0.222. The van der Waals surface area contributed by atoms with Crippen LogP contribution in [0.4, 0.5) is 5.69 Å². The average Bonchev–Trinajstić information content (AvgIpc) is 2.59. The molecule has 0 saturated heterocycles. The molecular formula is C18H20N2O2S2. The fourth-order valence-electron chi connectivity index (χ4n) is 2.39. The van der Waals surface area contributed by atoms with E-state index >= 15 is 0 Å². The van der Waals surface area contributed by atoms with Gasteiger partial charge in [0.05, 0.1) is 10.6 Å². The maximum atomic E-state index is 13.1. The molecule has 0 saturated carbocycles. The molecule has 1 aliphatic heterocycles. The lowest BCUT2D eigenvalue weighted by atomic mass is 10.2. The average molecular weight is 361 g/mol. The summed E-state index contributed by atoms with van der Waals surface area (Å²) in [6.45, 7) is 4.44. The number of nitrogens with zero attached hydrogens (tertiary/aromatic N) is 2. The Balaban J connectivity index is 2.08. The van der Waals surface area contributed by atoms with E-state index in [0.29, 0.717) is 17.2 Å². The summed E-state index contributed by atoms with van der Waals surface area (Å²) >= 11 is 0. The summed E-state index contributed by atoms with van der Waals surface area (Å²) in [6, 6.07) is 18.2. The van der Waals surface area contributed by atoms with Crippen LogP contribution in [0.15, 0.2) is 81.1 Å². The molecule has 0 aliphatic carbocycles. The Labute approximate surface area is 146 Å². The molecule has 1 aliphatic rings. The van der Waals surface area contributed by atoms with Gasteiger partial charge in [-0.3, -0.25) is 0 Å². The second-order valence-electron chi connectivity index (χ2n) is 5.75. The first kappa shape index (κ1) is 17.1. The van der Waals surface area contributed by atoms with Gasteiger partial charge in [-0.05, 0) is 49.0 Å². The molecular weight excluding hydrogens is 340 g/mol. The summed E-state index contributed by atoms with van der Waals surface area (Å²) in [5.41, 5.74) is 3.13. The van der Waals surface area contributed by atoms with Gasteiger partial charge in [-0.25, -0.2) is 12.8 Å². The Bertz CT molecular complexity index is 889. The zero-order chi connectivity index (χ0) is 17.2. The lowest BCUT2D eigenvalue weighted by Crippen LogP contribution is -2.38. The van der Waals surface area contributed by atoms with Gasteiger partial charge in [0.15, 0.2) is 0 Å². The van der Waals surface area contributed by atoms with E-state index in [1.54, 1.807) is 24.3 Å². The van der Waals surface area contributed by atoms with E-state index in [1.807, 2.05) is 43.3 Å². The number of benzene rings is 2. The van der Waals surface area contributed by atoms with Gasteiger partial charge >= 0.3 is 0 Å². The highest BCUT2D eigenvalue weighted by molar-refractivity contribution is 8.02. The Morgan fingerprint density at radius 3 is 2.12 bits per heavy atom. The van der Waals surface area contributed by atoms with Crippen molar-refractivity contribution in [2.75, 3.05) is 12.3 Å². The molecule has 0 amide bonds. The van der Waals surface area contributed by atoms with Crippen LogP contribution in [0, 0.1) is 0 Å². The molecule has 0 spiro atoms. The van der Waals surface area contributed by atoms with E-state index in [2.05, 4.69) is 6.92 Å². The highest BCUT2D eigenvalue weighted by Gasteiger charge is 2.31. The van der Waals surface area contributed by atoms with Gasteiger partial charge in [0.25, 0.3) is 10.0 Å². The third-order valence-corrected chi connectivity index (χ3v) is 8.30. The summed E-state index contributed by atoms with van der Waals surface area (Å²) < 4.78 is 32.4. The molecule has 1 unspecified atom stereocenters. The predicted octanol–water partition coefficient (Wildman–Crippen LogP) is 4.08. The summed E-state index contributed by atoms with van der Waals surface area (Å²) in [4.78, 5) is 0.318. The van der Waals surface area contributed by atoms with Crippen LogP contribution in [0.5, 0.6) is 0 Å². The number of hydrogen-bond donors (Lipinski definition) is 0. The molecule has 2 aromatic carbocycles. The van der Waals surface area contributed by atoms with Crippen LogP contribution < -0.4 is 0 Å². The van der Waals surface area contributed by atoms with Crippen molar-refractivity contribution in [1.82, 2.24) is 3.71 Å². The van der Waals surface area contributed by atoms with Crippen LogP contribution >= 0.6 is 0 Å². The Kier molecular flexibility index (Phi) is 4.99. The van der Waals surface area contributed by atoms with Crippen molar-refractivity contribution >= 4 is 26.6 Å². The molecule has 0 radical (unpaired) electrons. The number of hydrogen-bond acceptors (Lipinski definition) is 3. The number of rotatable bonds is 3. The lowest BCUT2D eigenvalue weighted by Gasteiger charge is -2.30. The van der Waals surface area contributed by atoms with E-state index in [-0.39, 0.29) is 0 Å². The monoisotopic (exact) mass is 360 g/mol. The van der Waals surface area contributed by atoms with Crippen molar-refractivity contribution in [2.24, 2.45) is 4.36 Å². The number of sulfonamides is 1. The minimum absolute atomic E-state index is 0.318. The van der Waals surface area contributed by atoms with Gasteiger partial charge in [0.1, 0.15) is 0 Å². The van der Waals surface area contributed by atoms with Crippen LogP contribution in [0.2, 0.25) is 0 Å². The Hall–Kier alpha value is -1.76. The highest BCUT2D eigenvalue weighted by Crippen LogP contribution is 2.27.